The Bertz CT molecular complexity index is 980. The number of esters is 1. The van der Waals surface area contributed by atoms with Gasteiger partial charge in [-0.05, 0) is 29.8 Å². The highest BCUT2D eigenvalue weighted by molar-refractivity contribution is 7.89. The van der Waals surface area contributed by atoms with Crippen LogP contribution in [0.4, 0.5) is 0 Å². The first kappa shape index (κ1) is 20.7. The predicted octanol–water partition coefficient (Wildman–Crippen LogP) is 3.18. The Morgan fingerprint density at radius 1 is 1.04 bits per heavy atom. The normalized spacial score (nSPS) is 13.6. The van der Waals surface area contributed by atoms with E-state index < -0.39 is 22.5 Å². The van der Waals surface area contributed by atoms with E-state index in [1.807, 2.05) is 0 Å². The Balaban J connectivity index is 1.57. The van der Waals surface area contributed by atoms with Crippen molar-refractivity contribution in [3.8, 4) is 11.5 Å². The number of nitrogens with one attached hydrogen (secondary N) is 1. The zero-order valence-electron chi connectivity index (χ0n) is 14.6. The van der Waals surface area contributed by atoms with Gasteiger partial charge in [0.1, 0.15) is 13.2 Å². The summed E-state index contributed by atoms with van der Waals surface area (Å²) in [7, 11) is -3.92. The molecule has 1 aliphatic rings. The fraction of sp³-hybridized carbons (Fsp3) is 0.278. The average molecular weight is 446 g/mol. The lowest BCUT2D eigenvalue weighted by Gasteiger charge is -2.11. The average Bonchev–Trinajstić information content (AvgIpc) is 2.92. The van der Waals surface area contributed by atoms with Crippen LogP contribution in [0.1, 0.15) is 12.0 Å². The van der Waals surface area contributed by atoms with Crippen molar-refractivity contribution >= 4 is 39.2 Å². The second kappa shape index (κ2) is 9.00. The number of hydrogen-bond acceptors (Lipinski definition) is 6. The van der Waals surface area contributed by atoms with Crippen LogP contribution in [0.2, 0.25) is 10.0 Å². The van der Waals surface area contributed by atoms with Crippen LogP contribution in [0.5, 0.6) is 11.5 Å². The first-order valence-electron chi connectivity index (χ1n) is 8.34. The highest BCUT2D eigenvalue weighted by atomic mass is 35.5. The van der Waals surface area contributed by atoms with Crippen molar-refractivity contribution in [2.75, 3.05) is 19.8 Å². The van der Waals surface area contributed by atoms with Crippen LogP contribution in [0.3, 0.4) is 0 Å². The maximum Gasteiger partial charge on any atom is 0.321 e. The Labute approximate surface area is 172 Å². The number of sulfonamides is 1. The van der Waals surface area contributed by atoms with Gasteiger partial charge in [0.15, 0.2) is 11.5 Å². The summed E-state index contributed by atoms with van der Waals surface area (Å²) in [4.78, 5) is 11.8. The zero-order chi connectivity index (χ0) is 20.1. The molecular weight excluding hydrogens is 429 g/mol. The van der Waals surface area contributed by atoms with E-state index in [1.165, 1.54) is 18.2 Å². The molecule has 1 heterocycles. The van der Waals surface area contributed by atoms with E-state index in [2.05, 4.69) is 4.72 Å². The molecule has 0 saturated carbocycles. The minimum atomic E-state index is -3.92. The molecule has 10 heteroatoms. The van der Waals surface area contributed by atoms with Crippen LogP contribution in [0.25, 0.3) is 0 Å². The van der Waals surface area contributed by atoms with Crippen LogP contribution < -0.4 is 14.2 Å². The molecule has 2 aromatic rings. The molecule has 0 unspecified atom stereocenters. The van der Waals surface area contributed by atoms with Crippen LogP contribution in [-0.4, -0.2) is 34.1 Å². The molecule has 0 aromatic heterocycles. The van der Waals surface area contributed by atoms with Gasteiger partial charge in [-0.3, -0.25) is 4.79 Å². The number of hydrogen-bond donors (Lipinski definition) is 1. The standard InChI is InChI=1S/C18H17Cl2NO6S/c19-14-4-2-12(8-15(14)20)11-27-18(22)10-21-28(23,24)13-3-5-16-17(9-13)26-7-1-6-25-16/h2-5,8-9,21H,1,6-7,10-11H2. The fourth-order valence-electron chi connectivity index (χ4n) is 2.39. The second-order valence-electron chi connectivity index (χ2n) is 5.89. The smallest absolute Gasteiger partial charge is 0.321 e. The highest BCUT2D eigenvalue weighted by Crippen LogP contribution is 2.31. The molecule has 150 valence electrons. The van der Waals surface area contributed by atoms with E-state index in [0.717, 1.165) is 0 Å². The number of ether oxygens (including phenoxy) is 3. The molecule has 1 aliphatic heterocycles. The molecule has 2 aromatic carbocycles. The van der Waals surface area contributed by atoms with Crippen LogP contribution in [0.15, 0.2) is 41.3 Å². The summed E-state index contributed by atoms with van der Waals surface area (Å²) in [6.45, 7) is 0.368. The number of fused-ring (bicyclic) bond motifs is 1. The molecule has 0 radical (unpaired) electrons. The van der Waals surface area contributed by atoms with Gasteiger partial charge in [-0.2, -0.15) is 4.72 Å². The Morgan fingerprint density at radius 2 is 1.79 bits per heavy atom. The first-order valence-corrected chi connectivity index (χ1v) is 10.6. The van der Waals surface area contributed by atoms with E-state index in [1.54, 1.807) is 18.2 Å². The van der Waals surface area contributed by atoms with Crippen molar-refractivity contribution < 1.29 is 27.4 Å². The summed E-state index contributed by atoms with van der Waals surface area (Å²) in [5.41, 5.74) is 0.633. The van der Waals surface area contributed by atoms with Gasteiger partial charge in [-0.1, -0.05) is 29.3 Å². The van der Waals surface area contributed by atoms with Gasteiger partial charge in [-0.25, -0.2) is 8.42 Å². The van der Waals surface area contributed by atoms with Gasteiger partial charge in [0, 0.05) is 12.5 Å². The summed E-state index contributed by atoms with van der Waals surface area (Å²) in [5, 5.41) is 0.727. The van der Waals surface area contributed by atoms with Crippen molar-refractivity contribution in [1.29, 1.82) is 0 Å². The molecule has 1 N–H and O–H groups in total. The van der Waals surface area contributed by atoms with E-state index in [0.29, 0.717) is 46.7 Å². The Kier molecular flexibility index (Phi) is 6.66. The largest absolute Gasteiger partial charge is 0.490 e. The van der Waals surface area contributed by atoms with Crippen molar-refractivity contribution in [2.45, 2.75) is 17.9 Å². The fourth-order valence-corrected chi connectivity index (χ4v) is 3.70. The number of carbonyl (C=O) groups excluding carboxylic acids is 1. The second-order valence-corrected chi connectivity index (χ2v) is 8.47. The lowest BCUT2D eigenvalue weighted by atomic mass is 10.2. The molecule has 28 heavy (non-hydrogen) atoms. The third kappa shape index (κ3) is 5.29. The predicted molar refractivity (Wildman–Crippen MR) is 103 cm³/mol. The SMILES string of the molecule is O=C(CNS(=O)(=O)c1ccc2c(c1)OCCCO2)OCc1ccc(Cl)c(Cl)c1. The van der Waals surface area contributed by atoms with Gasteiger partial charge < -0.3 is 14.2 Å². The number of benzene rings is 2. The minimum Gasteiger partial charge on any atom is -0.490 e. The van der Waals surface area contributed by atoms with Gasteiger partial charge in [0.05, 0.1) is 28.2 Å². The first-order chi connectivity index (χ1) is 13.3. The van der Waals surface area contributed by atoms with E-state index in [-0.39, 0.29) is 11.5 Å². The van der Waals surface area contributed by atoms with Crippen LogP contribution in [0, 0.1) is 0 Å². The van der Waals surface area contributed by atoms with Crippen LogP contribution >= 0.6 is 23.2 Å². The molecule has 7 nitrogen and oxygen atoms in total. The van der Waals surface area contributed by atoms with Gasteiger partial charge in [0.2, 0.25) is 10.0 Å². The molecule has 0 saturated heterocycles. The molecule has 0 atom stereocenters. The van der Waals surface area contributed by atoms with Crippen molar-refractivity contribution in [3.05, 3.63) is 52.0 Å². The van der Waals surface area contributed by atoms with Crippen LogP contribution in [-0.2, 0) is 26.2 Å². The molecule has 3 rings (SSSR count). The quantitative estimate of drug-likeness (QED) is 0.686. The maximum absolute atomic E-state index is 12.4. The molecular formula is C18H17Cl2NO6S. The lowest BCUT2D eigenvalue weighted by Crippen LogP contribution is -2.30. The third-order valence-corrected chi connectivity index (χ3v) is 5.96. The summed E-state index contributed by atoms with van der Waals surface area (Å²) in [6.07, 6.45) is 0.708. The lowest BCUT2D eigenvalue weighted by molar-refractivity contribution is -0.143. The third-order valence-electron chi connectivity index (χ3n) is 3.82. The van der Waals surface area contributed by atoms with Crippen molar-refractivity contribution in [2.24, 2.45) is 0 Å². The van der Waals surface area contributed by atoms with E-state index in [9.17, 15) is 13.2 Å². The van der Waals surface area contributed by atoms with Gasteiger partial charge in [-0.15, -0.1) is 0 Å². The van der Waals surface area contributed by atoms with Crippen molar-refractivity contribution in [3.63, 3.8) is 0 Å². The maximum atomic E-state index is 12.4. The Hall–Kier alpha value is -2.00. The Morgan fingerprint density at radius 3 is 2.54 bits per heavy atom. The summed E-state index contributed by atoms with van der Waals surface area (Å²) in [6, 6.07) is 9.08. The van der Waals surface area contributed by atoms with Gasteiger partial charge in [0.25, 0.3) is 0 Å². The minimum absolute atomic E-state index is 0.0333. The highest BCUT2D eigenvalue weighted by Gasteiger charge is 2.20. The topological polar surface area (TPSA) is 90.9 Å². The summed E-state index contributed by atoms with van der Waals surface area (Å²) >= 11 is 11.7. The summed E-state index contributed by atoms with van der Waals surface area (Å²) in [5.74, 6) is 0.101. The molecule has 0 aliphatic carbocycles. The number of carbonyl (C=O) groups is 1. The molecule has 0 fully saturated rings. The summed E-state index contributed by atoms with van der Waals surface area (Å²) < 4.78 is 43.1. The number of halogens is 2. The van der Waals surface area contributed by atoms with Crippen molar-refractivity contribution in [1.82, 2.24) is 4.72 Å². The molecule has 0 spiro atoms. The number of rotatable bonds is 6. The van der Waals surface area contributed by atoms with E-state index >= 15 is 0 Å². The molecule has 0 bridgehead atoms. The van der Waals surface area contributed by atoms with Gasteiger partial charge >= 0.3 is 5.97 Å². The molecule has 0 amide bonds. The monoisotopic (exact) mass is 445 g/mol. The van der Waals surface area contributed by atoms with E-state index in [4.69, 9.17) is 37.4 Å². The zero-order valence-corrected chi connectivity index (χ0v) is 16.9.